The van der Waals surface area contributed by atoms with Crippen molar-refractivity contribution in [1.82, 2.24) is 24.6 Å². The lowest BCUT2D eigenvalue weighted by Crippen LogP contribution is -2.21. The molecule has 0 aliphatic carbocycles. The molecule has 1 atom stereocenters. The third-order valence-corrected chi connectivity index (χ3v) is 3.39. The number of rotatable bonds is 4. The van der Waals surface area contributed by atoms with E-state index in [0.29, 0.717) is 11.0 Å². The second-order valence-corrected chi connectivity index (χ2v) is 5.51. The van der Waals surface area contributed by atoms with E-state index in [1.54, 1.807) is 12.4 Å². The number of nitrogens with one attached hydrogen (secondary N) is 1. The molecule has 0 aromatic carbocycles. The minimum Gasteiger partial charge on any atom is -0.344 e. The number of hydrogen-bond acceptors (Lipinski definition) is 5. The van der Waals surface area contributed by atoms with Crippen LogP contribution in [0.25, 0.3) is 5.65 Å². The van der Waals surface area contributed by atoms with Crippen LogP contribution in [-0.4, -0.2) is 24.6 Å². The molecule has 0 aliphatic heterocycles. The fourth-order valence-electron chi connectivity index (χ4n) is 2.13. The molecule has 0 saturated carbocycles. The first-order chi connectivity index (χ1) is 10.1. The highest BCUT2D eigenvalue weighted by Gasteiger charge is 2.22. The van der Waals surface area contributed by atoms with E-state index in [4.69, 9.17) is 11.6 Å². The van der Waals surface area contributed by atoms with Crippen molar-refractivity contribution >= 4 is 23.2 Å². The van der Waals surface area contributed by atoms with Crippen molar-refractivity contribution in [3.05, 3.63) is 47.6 Å². The number of nitrogens with zero attached hydrogens (tertiary/aromatic N) is 5. The van der Waals surface area contributed by atoms with Crippen LogP contribution in [0.3, 0.4) is 0 Å². The summed E-state index contributed by atoms with van der Waals surface area (Å²) >= 11 is 5.81. The van der Waals surface area contributed by atoms with Crippen LogP contribution in [-0.2, 0) is 0 Å². The molecule has 0 amide bonds. The summed E-state index contributed by atoms with van der Waals surface area (Å²) in [5.41, 5.74) is 0.817. The van der Waals surface area contributed by atoms with Crippen LogP contribution in [0.15, 0.2) is 36.8 Å². The van der Waals surface area contributed by atoms with Gasteiger partial charge in [-0.25, -0.2) is 9.97 Å². The van der Waals surface area contributed by atoms with Crippen molar-refractivity contribution in [2.45, 2.75) is 19.9 Å². The molecule has 3 aromatic heterocycles. The minimum absolute atomic E-state index is 0.0522. The quantitative estimate of drug-likeness (QED) is 0.802. The molecule has 1 N–H and O–H groups in total. The van der Waals surface area contributed by atoms with E-state index in [1.165, 1.54) is 0 Å². The van der Waals surface area contributed by atoms with Gasteiger partial charge in [0.05, 0.1) is 23.5 Å². The van der Waals surface area contributed by atoms with E-state index in [9.17, 15) is 0 Å². The van der Waals surface area contributed by atoms with Gasteiger partial charge in [0.25, 0.3) is 0 Å². The van der Waals surface area contributed by atoms with Crippen LogP contribution in [0, 0.1) is 5.92 Å². The summed E-state index contributed by atoms with van der Waals surface area (Å²) in [6.07, 6.45) is 5.08. The molecule has 0 fully saturated rings. The maximum atomic E-state index is 5.81. The minimum atomic E-state index is -0.0522. The average molecular weight is 303 g/mol. The summed E-state index contributed by atoms with van der Waals surface area (Å²) in [6, 6.07) is 5.76. The van der Waals surface area contributed by atoms with Crippen molar-refractivity contribution in [2.75, 3.05) is 5.32 Å². The highest BCUT2D eigenvalue weighted by molar-refractivity contribution is 6.30. The van der Waals surface area contributed by atoms with Crippen molar-refractivity contribution in [3.63, 3.8) is 0 Å². The van der Waals surface area contributed by atoms with Gasteiger partial charge < -0.3 is 5.32 Å². The predicted octanol–water partition coefficient (Wildman–Crippen LogP) is 2.98. The topological polar surface area (TPSA) is 68.0 Å². The molecule has 7 heteroatoms. The Labute approximate surface area is 127 Å². The maximum absolute atomic E-state index is 5.81. The fourth-order valence-corrected chi connectivity index (χ4v) is 2.22. The van der Waals surface area contributed by atoms with Crippen LogP contribution in [0.5, 0.6) is 0 Å². The Balaban J connectivity index is 1.96. The second-order valence-electron chi connectivity index (χ2n) is 5.08. The maximum Gasteiger partial charge on any atom is 0.223 e. The summed E-state index contributed by atoms with van der Waals surface area (Å²) in [7, 11) is 0. The van der Waals surface area contributed by atoms with E-state index < -0.39 is 0 Å². The van der Waals surface area contributed by atoms with Gasteiger partial charge in [0.15, 0.2) is 11.5 Å². The largest absolute Gasteiger partial charge is 0.344 e. The number of aromatic nitrogens is 5. The van der Waals surface area contributed by atoms with Crippen LogP contribution < -0.4 is 5.32 Å². The van der Waals surface area contributed by atoms with E-state index in [-0.39, 0.29) is 12.0 Å². The molecule has 3 heterocycles. The molecule has 0 saturated heterocycles. The Kier molecular flexibility index (Phi) is 3.70. The van der Waals surface area contributed by atoms with Crippen molar-refractivity contribution in [3.8, 4) is 0 Å². The van der Waals surface area contributed by atoms with Crippen LogP contribution >= 0.6 is 11.6 Å². The van der Waals surface area contributed by atoms with Crippen molar-refractivity contribution < 1.29 is 0 Å². The van der Waals surface area contributed by atoms with Gasteiger partial charge in [-0.3, -0.25) is 4.40 Å². The molecular formula is C14H15ClN6. The summed E-state index contributed by atoms with van der Waals surface area (Å²) in [6.45, 7) is 4.22. The van der Waals surface area contributed by atoms with Gasteiger partial charge >= 0.3 is 0 Å². The molecule has 0 bridgehead atoms. The predicted molar refractivity (Wildman–Crippen MR) is 81.2 cm³/mol. The summed E-state index contributed by atoms with van der Waals surface area (Å²) < 4.78 is 1.97. The molecule has 6 nitrogen and oxygen atoms in total. The van der Waals surface area contributed by atoms with Crippen molar-refractivity contribution in [1.29, 1.82) is 0 Å². The molecule has 21 heavy (non-hydrogen) atoms. The van der Waals surface area contributed by atoms with E-state index in [2.05, 4.69) is 39.3 Å². The third kappa shape index (κ3) is 2.80. The summed E-state index contributed by atoms with van der Waals surface area (Å²) in [5, 5.41) is 12.3. The third-order valence-electron chi connectivity index (χ3n) is 3.19. The zero-order valence-corrected chi connectivity index (χ0v) is 12.5. The zero-order valence-electron chi connectivity index (χ0n) is 11.7. The van der Waals surface area contributed by atoms with Gasteiger partial charge in [-0.15, -0.1) is 10.2 Å². The van der Waals surface area contributed by atoms with Crippen LogP contribution in [0.4, 0.5) is 5.95 Å². The number of hydrogen-bond donors (Lipinski definition) is 1. The SMILES string of the molecule is CC(C)[C@H](Nc1ncc(Cl)cn1)c1nnc2ccccn12. The van der Waals surface area contributed by atoms with Gasteiger partial charge in [-0.05, 0) is 18.1 Å². The first-order valence-corrected chi connectivity index (χ1v) is 7.06. The molecule has 0 spiro atoms. The monoisotopic (exact) mass is 302 g/mol. The second kappa shape index (κ2) is 5.65. The zero-order chi connectivity index (χ0) is 14.8. The molecule has 3 aromatic rings. The van der Waals surface area contributed by atoms with E-state index >= 15 is 0 Å². The lowest BCUT2D eigenvalue weighted by atomic mass is 10.0. The molecule has 3 rings (SSSR count). The standard InChI is InChI=1S/C14H15ClN6/c1-9(2)12(18-14-16-7-10(15)8-17-14)13-20-19-11-5-3-4-6-21(11)13/h3-9,12H,1-2H3,(H,16,17,18)/t12-/m0/s1. The van der Waals surface area contributed by atoms with E-state index in [0.717, 1.165) is 11.5 Å². The highest BCUT2D eigenvalue weighted by atomic mass is 35.5. The van der Waals surface area contributed by atoms with Gasteiger partial charge in [0, 0.05) is 6.20 Å². The first-order valence-electron chi connectivity index (χ1n) is 6.69. The first kappa shape index (κ1) is 13.8. The lowest BCUT2D eigenvalue weighted by molar-refractivity contribution is 0.514. The molecule has 0 aliphatic rings. The summed E-state index contributed by atoms with van der Waals surface area (Å²) in [4.78, 5) is 8.36. The average Bonchev–Trinajstić information content (AvgIpc) is 2.90. The Morgan fingerprint density at radius 3 is 2.62 bits per heavy atom. The number of fused-ring (bicyclic) bond motifs is 1. The Bertz CT molecular complexity index is 737. The number of anilines is 1. The Hall–Kier alpha value is -2.21. The van der Waals surface area contributed by atoms with Crippen LogP contribution in [0.1, 0.15) is 25.7 Å². The fraction of sp³-hybridized carbons (Fsp3) is 0.286. The molecule has 108 valence electrons. The van der Waals surface area contributed by atoms with Gasteiger partial charge in [-0.2, -0.15) is 0 Å². The lowest BCUT2D eigenvalue weighted by Gasteiger charge is -2.20. The van der Waals surface area contributed by atoms with Crippen LogP contribution in [0.2, 0.25) is 5.02 Å². The molecule has 0 radical (unpaired) electrons. The Morgan fingerprint density at radius 2 is 1.90 bits per heavy atom. The smallest absolute Gasteiger partial charge is 0.223 e. The van der Waals surface area contributed by atoms with Gasteiger partial charge in [0.1, 0.15) is 0 Å². The number of halogens is 1. The van der Waals surface area contributed by atoms with Gasteiger partial charge in [0.2, 0.25) is 5.95 Å². The molecule has 0 unspecified atom stereocenters. The molecular weight excluding hydrogens is 288 g/mol. The Morgan fingerprint density at radius 1 is 1.14 bits per heavy atom. The highest BCUT2D eigenvalue weighted by Crippen LogP contribution is 2.24. The van der Waals surface area contributed by atoms with Gasteiger partial charge in [-0.1, -0.05) is 31.5 Å². The van der Waals surface area contributed by atoms with E-state index in [1.807, 2.05) is 28.8 Å². The summed E-state index contributed by atoms with van der Waals surface area (Å²) in [5.74, 6) is 1.64. The van der Waals surface area contributed by atoms with Crippen molar-refractivity contribution in [2.24, 2.45) is 5.92 Å². The number of pyridine rings is 1. The normalized spacial score (nSPS) is 12.8.